The first-order valence-corrected chi connectivity index (χ1v) is 8.94. The van der Waals surface area contributed by atoms with Crippen molar-refractivity contribution in [1.82, 2.24) is 5.01 Å². The monoisotopic (exact) mass is 367 g/mol. The predicted molar refractivity (Wildman–Crippen MR) is 93.8 cm³/mol. The number of hydrazone groups is 1. The molecule has 0 aromatic heterocycles. The Morgan fingerprint density at radius 3 is 2.37 bits per heavy atom. The number of hydrogen-bond donors (Lipinski definition) is 0. The molecule has 138 valence electrons. The van der Waals surface area contributed by atoms with Crippen molar-refractivity contribution in [2.75, 3.05) is 7.11 Å². The number of allylic oxidation sites excluding steroid dienone is 2. The number of benzene rings is 1. The van der Waals surface area contributed by atoms with Crippen molar-refractivity contribution in [1.29, 1.82) is 0 Å². The Balaban J connectivity index is 1.42. The highest BCUT2D eigenvalue weighted by atomic mass is 16.6. The van der Waals surface area contributed by atoms with Gasteiger partial charge in [-0.3, -0.25) is 19.7 Å². The summed E-state index contributed by atoms with van der Waals surface area (Å²) in [5, 5.41) is 16.2. The van der Waals surface area contributed by atoms with Gasteiger partial charge in [-0.25, -0.2) is 0 Å². The molecule has 0 spiro atoms. The topological polar surface area (TPSA) is 102 Å². The molecule has 2 saturated carbocycles. The number of nitro benzene ring substituents is 1. The van der Waals surface area contributed by atoms with E-state index in [1.807, 2.05) is 0 Å². The van der Waals surface area contributed by atoms with Gasteiger partial charge in [0.1, 0.15) is 0 Å². The maximum absolute atomic E-state index is 12.8. The number of imide groups is 1. The highest BCUT2D eigenvalue weighted by Crippen LogP contribution is 2.65. The van der Waals surface area contributed by atoms with E-state index in [9.17, 15) is 19.7 Å². The molecule has 3 fully saturated rings. The zero-order valence-corrected chi connectivity index (χ0v) is 14.5. The van der Waals surface area contributed by atoms with E-state index in [1.165, 1.54) is 25.5 Å². The van der Waals surface area contributed by atoms with E-state index in [4.69, 9.17) is 4.74 Å². The molecular formula is C19H17N3O5. The molecule has 8 heteroatoms. The molecule has 8 nitrogen and oxygen atoms in total. The van der Waals surface area contributed by atoms with Crippen LogP contribution in [0.15, 0.2) is 35.5 Å². The Kier molecular flexibility index (Phi) is 3.28. The van der Waals surface area contributed by atoms with E-state index >= 15 is 0 Å². The number of ether oxygens (including phenoxy) is 1. The maximum atomic E-state index is 12.8. The molecule has 2 amide bonds. The molecule has 6 atom stereocenters. The molecule has 1 aromatic rings. The highest BCUT2D eigenvalue weighted by molar-refractivity contribution is 6.06. The summed E-state index contributed by atoms with van der Waals surface area (Å²) in [7, 11) is 1.35. The van der Waals surface area contributed by atoms with Crippen molar-refractivity contribution in [3.05, 3.63) is 46.0 Å². The first-order chi connectivity index (χ1) is 13.0. The summed E-state index contributed by atoms with van der Waals surface area (Å²) < 4.78 is 4.97. The van der Waals surface area contributed by atoms with Gasteiger partial charge < -0.3 is 4.74 Å². The fraction of sp³-hybridized carbons (Fsp3) is 0.421. The van der Waals surface area contributed by atoms with Crippen LogP contribution in [0.25, 0.3) is 0 Å². The van der Waals surface area contributed by atoms with E-state index in [1.54, 1.807) is 6.07 Å². The molecule has 1 aromatic carbocycles. The van der Waals surface area contributed by atoms with Crippen molar-refractivity contribution in [2.45, 2.75) is 6.42 Å². The summed E-state index contributed by atoms with van der Waals surface area (Å²) in [6, 6.07) is 4.36. The summed E-state index contributed by atoms with van der Waals surface area (Å²) in [5.74, 6) is 0.364. The smallest absolute Gasteiger partial charge is 0.311 e. The van der Waals surface area contributed by atoms with Crippen LogP contribution < -0.4 is 4.74 Å². The Morgan fingerprint density at radius 2 is 1.81 bits per heavy atom. The lowest BCUT2D eigenvalue weighted by atomic mass is 9.63. The molecule has 4 aliphatic carbocycles. The zero-order chi connectivity index (χ0) is 18.9. The van der Waals surface area contributed by atoms with Gasteiger partial charge in [0.25, 0.3) is 11.8 Å². The summed E-state index contributed by atoms with van der Waals surface area (Å²) in [6.45, 7) is 0. The lowest BCUT2D eigenvalue weighted by molar-refractivity contribution is -0.385. The van der Waals surface area contributed by atoms with Gasteiger partial charge in [-0.05, 0) is 42.2 Å². The van der Waals surface area contributed by atoms with E-state index in [0.29, 0.717) is 17.4 Å². The second-order valence-electron chi connectivity index (χ2n) is 7.58. The van der Waals surface area contributed by atoms with Gasteiger partial charge in [0.05, 0.1) is 30.1 Å². The van der Waals surface area contributed by atoms with Crippen molar-refractivity contribution in [2.24, 2.45) is 40.6 Å². The summed E-state index contributed by atoms with van der Waals surface area (Å²) in [6.07, 6.45) is 6.63. The fourth-order valence-corrected chi connectivity index (χ4v) is 5.11. The van der Waals surface area contributed by atoms with Crippen LogP contribution in [0.3, 0.4) is 0 Å². The third kappa shape index (κ3) is 2.19. The number of nitrogens with zero attached hydrogens (tertiary/aromatic N) is 3. The van der Waals surface area contributed by atoms with Crippen LogP contribution in [0.1, 0.15) is 12.0 Å². The number of carbonyl (C=O) groups is 2. The average Bonchev–Trinajstić information content (AvgIpc) is 3.45. The minimum atomic E-state index is -0.549. The third-order valence-corrected chi connectivity index (χ3v) is 6.36. The molecular weight excluding hydrogens is 350 g/mol. The van der Waals surface area contributed by atoms with E-state index in [0.717, 1.165) is 11.4 Å². The number of methoxy groups -OCH3 is 1. The van der Waals surface area contributed by atoms with Gasteiger partial charge in [-0.15, -0.1) is 0 Å². The number of carbonyl (C=O) groups excluding carboxylic acids is 2. The minimum absolute atomic E-state index is 0.137. The average molecular weight is 367 g/mol. The Morgan fingerprint density at radius 1 is 1.19 bits per heavy atom. The molecule has 0 N–H and O–H groups in total. The Labute approximate surface area is 154 Å². The van der Waals surface area contributed by atoms with Crippen molar-refractivity contribution in [3.8, 4) is 5.75 Å². The van der Waals surface area contributed by atoms with Gasteiger partial charge in [0, 0.05) is 11.6 Å². The van der Waals surface area contributed by atoms with Crippen LogP contribution >= 0.6 is 0 Å². The van der Waals surface area contributed by atoms with Crippen LogP contribution in [0.4, 0.5) is 5.69 Å². The lowest BCUT2D eigenvalue weighted by Crippen LogP contribution is -2.40. The highest BCUT2D eigenvalue weighted by Gasteiger charge is 2.67. The molecule has 6 rings (SSSR count). The van der Waals surface area contributed by atoms with Gasteiger partial charge in [-0.1, -0.05) is 12.2 Å². The first kappa shape index (κ1) is 16.2. The van der Waals surface area contributed by atoms with Gasteiger partial charge in [0.15, 0.2) is 5.75 Å². The Bertz CT molecular complexity index is 903. The summed E-state index contributed by atoms with van der Waals surface area (Å²) in [5.41, 5.74) is 0.221. The van der Waals surface area contributed by atoms with Crippen molar-refractivity contribution < 1.29 is 19.2 Å². The second-order valence-corrected chi connectivity index (χ2v) is 7.58. The molecule has 0 radical (unpaired) electrons. The molecule has 1 aliphatic heterocycles. The first-order valence-electron chi connectivity index (χ1n) is 8.94. The molecule has 1 heterocycles. The second kappa shape index (κ2) is 5.48. The van der Waals surface area contributed by atoms with Gasteiger partial charge in [0.2, 0.25) is 0 Å². The number of nitro groups is 1. The van der Waals surface area contributed by atoms with Gasteiger partial charge in [-0.2, -0.15) is 10.1 Å². The number of hydrogen-bond acceptors (Lipinski definition) is 6. The largest absolute Gasteiger partial charge is 0.490 e. The van der Waals surface area contributed by atoms with E-state index in [2.05, 4.69) is 17.3 Å². The third-order valence-electron chi connectivity index (χ3n) is 6.36. The predicted octanol–water partition coefficient (Wildman–Crippen LogP) is 1.99. The molecule has 1 saturated heterocycles. The fourth-order valence-electron chi connectivity index (χ4n) is 5.11. The van der Waals surface area contributed by atoms with Crippen molar-refractivity contribution >= 4 is 23.7 Å². The van der Waals surface area contributed by atoms with Crippen LogP contribution in [0.5, 0.6) is 5.75 Å². The quantitative estimate of drug-likeness (QED) is 0.266. The zero-order valence-electron chi connectivity index (χ0n) is 14.5. The van der Waals surface area contributed by atoms with Crippen LogP contribution in [0.2, 0.25) is 0 Å². The van der Waals surface area contributed by atoms with E-state index < -0.39 is 4.92 Å². The minimum Gasteiger partial charge on any atom is -0.490 e. The van der Waals surface area contributed by atoms with E-state index in [-0.39, 0.29) is 46.9 Å². The number of amides is 2. The molecule has 27 heavy (non-hydrogen) atoms. The molecule has 0 unspecified atom stereocenters. The van der Waals surface area contributed by atoms with Gasteiger partial charge >= 0.3 is 5.69 Å². The van der Waals surface area contributed by atoms with Crippen molar-refractivity contribution in [3.63, 3.8) is 0 Å². The normalized spacial score (nSPS) is 35.5. The standard InChI is InChI=1S/C19H17N3O5/c1-27-15-5-2-9(6-14(15)22(25)26)8-20-21-18(23)16-10-3-4-11(13-7-12(10)13)17(16)19(21)24/h2-6,8,10-13,16-17H,7H2,1H3/b20-8-/t10-,11-,12-,13-,16-,17+/m0/s1. The SMILES string of the molecule is COc1ccc(/C=N\N2C(=O)[C@@H]3[C@H]4C=C[C@@H]([C@@H]5C[C@@H]45)[C@@H]3C2=O)cc1[N+](=O)[O-]. The summed E-state index contributed by atoms with van der Waals surface area (Å²) >= 11 is 0. The number of rotatable bonds is 4. The Hall–Kier alpha value is -3.03. The van der Waals surface area contributed by atoms with Crippen LogP contribution in [-0.4, -0.2) is 35.1 Å². The van der Waals surface area contributed by atoms with Crippen LogP contribution in [-0.2, 0) is 9.59 Å². The molecule has 5 aliphatic rings. The van der Waals surface area contributed by atoms with Crippen LogP contribution in [0, 0.1) is 45.6 Å². The summed E-state index contributed by atoms with van der Waals surface area (Å²) in [4.78, 5) is 36.2. The molecule has 2 bridgehead atoms. The lowest BCUT2D eigenvalue weighted by Gasteiger charge is -2.37. The maximum Gasteiger partial charge on any atom is 0.311 e.